The molecule has 1 aliphatic rings. The van der Waals surface area contributed by atoms with E-state index in [0.29, 0.717) is 5.92 Å². The zero-order valence-corrected chi connectivity index (χ0v) is 10.1. The lowest BCUT2D eigenvalue weighted by atomic mass is 9.92. The van der Waals surface area contributed by atoms with E-state index in [1.165, 1.54) is 48.3 Å². The predicted octanol–water partition coefficient (Wildman–Crippen LogP) is 3.44. The Bertz CT molecular complexity index is 305. The molecule has 81 valence electrons. The molecule has 1 radical (unpaired) electrons. The average Bonchev–Trinajstić information content (AvgIpc) is 2.31. The lowest BCUT2D eigenvalue weighted by Gasteiger charge is -2.23. The standard InChI is InChI=1S/C13H18NS/c1-2-4-11-6-7-14-9-13(11)12-5-3-8-15-10-12/h6-7,12H,2-5,8,10H2,1H3. The minimum Gasteiger partial charge on any atom is -0.254 e. The summed E-state index contributed by atoms with van der Waals surface area (Å²) >= 11 is 2.08. The fraction of sp³-hybridized carbons (Fsp3) is 0.615. The summed E-state index contributed by atoms with van der Waals surface area (Å²) in [7, 11) is 0. The maximum Gasteiger partial charge on any atom is 0.0926 e. The van der Waals surface area contributed by atoms with Crippen LogP contribution >= 0.6 is 11.8 Å². The van der Waals surface area contributed by atoms with Gasteiger partial charge in [-0.3, -0.25) is 4.98 Å². The first-order chi connectivity index (χ1) is 7.42. The molecule has 0 aliphatic carbocycles. The van der Waals surface area contributed by atoms with Crippen LogP contribution < -0.4 is 0 Å². The van der Waals surface area contributed by atoms with Gasteiger partial charge in [-0.05, 0) is 48.1 Å². The third-order valence-electron chi connectivity index (χ3n) is 2.97. The Morgan fingerprint density at radius 1 is 1.60 bits per heavy atom. The molecule has 2 rings (SSSR count). The van der Waals surface area contributed by atoms with Gasteiger partial charge in [0.05, 0.1) is 6.20 Å². The molecule has 2 heterocycles. The summed E-state index contributed by atoms with van der Waals surface area (Å²) in [5, 5.41) is 0. The van der Waals surface area contributed by atoms with Crippen LogP contribution in [-0.2, 0) is 6.42 Å². The summed E-state index contributed by atoms with van der Waals surface area (Å²) < 4.78 is 0. The molecule has 0 N–H and O–H groups in total. The maximum atomic E-state index is 4.17. The van der Waals surface area contributed by atoms with Crippen LogP contribution in [-0.4, -0.2) is 16.5 Å². The highest BCUT2D eigenvalue weighted by atomic mass is 32.2. The largest absolute Gasteiger partial charge is 0.254 e. The monoisotopic (exact) mass is 220 g/mol. The van der Waals surface area contributed by atoms with E-state index in [1.54, 1.807) is 0 Å². The highest BCUT2D eigenvalue weighted by molar-refractivity contribution is 7.99. The molecule has 1 unspecified atom stereocenters. The predicted molar refractivity (Wildman–Crippen MR) is 66.4 cm³/mol. The van der Waals surface area contributed by atoms with Crippen molar-refractivity contribution in [3.05, 3.63) is 29.6 Å². The van der Waals surface area contributed by atoms with Crippen molar-refractivity contribution in [1.82, 2.24) is 4.98 Å². The summed E-state index contributed by atoms with van der Waals surface area (Å²) in [6, 6.07) is 2.18. The molecule has 0 amide bonds. The van der Waals surface area contributed by atoms with E-state index in [0.717, 1.165) is 0 Å². The van der Waals surface area contributed by atoms with Gasteiger partial charge in [0.1, 0.15) is 0 Å². The molecule has 0 spiro atoms. The van der Waals surface area contributed by atoms with Crippen LogP contribution in [0.15, 0.2) is 12.3 Å². The van der Waals surface area contributed by atoms with Crippen molar-refractivity contribution in [3.8, 4) is 0 Å². The van der Waals surface area contributed by atoms with Crippen molar-refractivity contribution >= 4 is 11.8 Å². The minimum absolute atomic E-state index is 0.707. The lowest BCUT2D eigenvalue weighted by molar-refractivity contribution is 0.648. The summed E-state index contributed by atoms with van der Waals surface area (Å²) in [5.41, 5.74) is 2.87. The molecular weight excluding hydrogens is 202 g/mol. The zero-order valence-electron chi connectivity index (χ0n) is 9.33. The fourth-order valence-corrected chi connectivity index (χ4v) is 3.36. The number of aromatic nitrogens is 1. The molecule has 1 atom stereocenters. The van der Waals surface area contributed by atoms with Gasteiger partial charge < -0.3 is 0 Å². The quantitative estimate of drug-likeness (QED) is 0.774. The molecule has 1 aromatic heterocycles. The van der Waals surface area contributed by atoms with Gasteiger partial charge in [-0.25, -0.2) is 0 Å². The van der Waals surface area contributed by atoms with Gasteiger partial charge in [-0.1, -0.05) is 13.3 Å². The van der Waals surface area contributed by atoms with Crippen molar-refractivity contribution in [3.63, 3.8) is 0 Å². The Labute approximate surface area is 96.7 Å². The third-order valence-corrected chi connectivity index (χ3v) is 4.18. The number of aryl methyl sites for hydroxylation is 1. The SMILES string of the molecule is CCCc1ccn[c]c1C1CCCSC1. The summed E-state index contributed by atoms with van der Waals surface area (Å²) in [5.74, 6) is 3.30. The van der Waals surface area contributed by atoms with Gasteiger partial charge in [0.15, 0.2) is 0 Å². The minimum atomic E-state index is 0.707. The van der Waals surface area contributed by atoms with Crippen molar-refractivity contribution < 1.29 is 0 Å². The van der Waals surface area contributed by atoms with E-state index in [-0.39, 0.29) is 0 Å². The average molecular weight is 220 g/mol. The molecule has 1 saturated heterocycles. The van der Waals surface area contributed by atoms with Crippen molar-refractivity contribution in [1.29, 1.82) is 0 Å². The lowest BCUT2D eigenvalue weighted by Crippen LogP contribution is -2.11. The van der Waals surface area contributed by atoms with Gasteiger partial charge in [0.2, 0.25) is 0 Å². The van der Waals surface area contributed by atoms with E-state index < -0.39 is 0 Å². The van der Waals surface area contributed by atoms with E-state index in [2.05, 4.69) is 35.9 Å². The summed E-state index contributed by atoms with van der Waals surface area (Å²) in [4.78, 5) is 4.17. The van der Waals surface area contributed by atoms with Crippen LogP contribution in [0.3, 0.4) is 0 Å². The Morgan fingerprint density at radius 3 is 3.27 bits per heavy atom. The van der Waals surface area contributed by atoms with Gasteiger partial charge in [-0.2, -0.15) is 11.8 Å². The smallest absolute Gasteiger partial charge is 0.0926 e. The maximum absolute atomic E-state index is 4.17. The van der Waals surface area contributed by atoms with Crippen molar-refractivity contribution in [2.24, 2.45) is 0 Å². The first-order valence-corrected chi connectivity index (χ1v) is 7.00. The van der Waals surface area contributed by atoms with Gasteiger partial charge in [0.25, 0.3) is 0 Å². The van der Waals surface area contributed by atoms with Gasteiger partial charge in [0, 0.05) is 11.9 Å². The molecule has 1 nitrogen and oxygen atoms in total. The third kappa shape index (κ3) is 2.75. The van der Waals surface area contributed by atoms with Crippen molar-refractivity contribution in [2.75, 3.05) is 11.5 Å². The first kappa shape index (κ1) is 11.0. The highest BCUT2D eigenvalue weighted by Gasteiger charge is 2.18. The fourth-order valence-electron chi connectivity index (χ4n) is 2.20. The Balaban J connectivity index is 2.17. The summed E-state index contributed by atoms with van der Waals surface area (Å²) in [6.07, 6.45) is 10.2. The highest BCUT2D eigenvalue weighted by Crippen LogP contribution is 2.32. The topological polar surface area (TPSA) is 12.9 Å². The van der Waals surface area contributed by atoms with Crippen LogP contribution in [0, 0.1) is 6.20 Å². The number of pyridine rings is 1. The second-order valence-corrected chi connectivity index (χ2v) is 5.31. The molecule has 2 heteroatoms. The molecule has 1 aromatic rings. The second kappa shape index (κ2) is 5.55. The molecular formula is C13H18NS. The Kier molecular flexibility index (Phi) is 4.07. The molecule has 15 heavy (non-hydrogen) atoms. The molecule has 0 bridgehead atoms. The number of hydrogen-bond donors (Lipinski definition) is 0. The van der Waals surface area contributed by atoms with E-state index in [1.807, 2.05) is 6.20 Å². The molecule has 0 saturated carbocycles. The van der Waals surface area contributed by atoms with E-state index in [9.17, 15) is 0 Å². The van der Waals surface area contributed by atoms with Crippen LogP contribution in [0.1, 0.15) is 43.2 Å². The van der Waals surface area contributed by atoms with E-state index >= 15 is 0 Å². The van der Waals surface area contributed by atoms with Gasteiger partial charge in [-0.15, -0.1) is 0 Å². The molecule has 0 aromatic carbocycles. The van der Waals surface area contributed by atoms with Gasteiger partial charge >= 0.3 is 0 Å². The van der Waals surface area contributed by atoms with Crippen LogP contribution in [0.25, 0.3) is 0 Å². The number of thioether (sulfide) groups is 1. The number of nitrogens with zero attached hydrogens (tertiary/aromatic N) is 1. The van der Waals surface area contributed by atoms with Crippen LogP contribution in [0.2, 0.25) is 0 Å². The molecule has 1 fully saturated rings. The van der Waals surface area contributed by atoms with E-state index in [4.69, 9.17) is 0 Å². The molecule has 1 aliphatic heterocycles. The normalized spacial score (nSPS) is 21.5. The Hall–Kier alpha value is -0.500. The number of rotatable bonds is 3. The number of hydrogen-bond acceptors (Lipinski definition) is 2. The van der Waals surface area contributed by atoms with Crippen LogP contribution in [0.5, 0.6) is 0 Å². The zero-order chi connectivity index (χ0) is 10.5. The summed E-state index contributed by atoms with van der Waals surface area (Å²) in [6.45, 7) is 2.24. The second-order valence-electron chi connectivity index (χ2n) is 4.16. The van der Waals surface area contributed by atoms with Crippen LogP contribution in [0.4, 0.5) is 0 Å². The Morgan fingerprint density at radius 2 is 2.53 bits per heavy atom. The first-order valence-electron chi connectivity index (χ1n) is 5.85. The van der Waals surface area contributed by atoms with Crippen molar-refractivity contribution in [2.45, 2.75) is 38.5 Å².